The first-order valence-corrected chi connectivity index (χ1v) is 19.4. The number of benzene rings is 8. The van der Waals surface area contributed by atoms with E-state index in [2.05, 4.69) is 184 Å². The van der Waals surface area contributed by atoms with Crippen LogP contribution in [-0.2, 0) is 20.4 Å². The molecule has 0 saturated carbocycles. The number of aromatic nitrogens is 2. The van der Waals surface area contributed by atoms with Gasteiger partial charge in [0.1, 0.15) is 11.5 Å². The van der Waals surface area contributed by atoms with Crippen LogP contribution in [0.2, 0.25) is 0 Å². The third kappa shape index (κ3) is 6.28. The van der Waals surface area contributed by atoms with Crippen LogP contribution in [0.4, 0.5) is 22.7 Å². The summed E-state index contributed by atoms with van der Waals surface area (Å²) in [5.74, 6) is 2.00. The molecule has 0 radical (unpaired) electrons. The first-order chi connectivity index (χ1) is 28.7. The molecule has 0 amide bonds. The van der Waals surface area contributed by atoms with Crippen molar-refractivity contribution in [2.45, 2.75) is 6.92 Å². The monoisotopic (exact) mass is 848 g/mol. The van der Waals surface area contributed by atoms with Gasteiger partial charge < -0.3 is 9.30 Å². The molecule has 5 nitrogen and oxygen atoms in total. The average Bonchev–Trinajstić information content (AvgIpc) is 3.83. The van der Waals surface area contributed by atoms with E-state index in [1.165, 1.54) is 0 Å². The van der Waals surface area contributed by atoms with Crippen molar-refractivity contribution < 1.29 is 25.2 Å². The van der Waals surface area contributed by atoms with E-state index >= 15 is 0 Å². The summed E-state index contributed by atoms with van der Waals surface area (Å²) < 4.78 is 13.1. The molecule has 0 spiro atoms. The van der Waals surface area contributed by atoms with Crippen LogP contribution >= 0.6 is 0 Å². The second-order valence-corrected chi connectivity index (χ2v) is 14.4. The van der Waals surface area contributed by atoms with E-state index < -0.39 is 0 Å². The summed E-state index contributed by atoms with van der Waals surface area (Å²) in [5.41, 5.74) is 11.3. The van der Waals surface area contributed by atoms with Crippen molar-refractivity contribution in [1.29, 1.82) is 0 Å². The van der Waals surface area contributed by atoms with Crippen molar-refractivity contribution in [3.8, 4) is 39.6 Å². The third-order valence-electron chi connectivity index (χ3n) is 10.8. The molecule has 10 aromatic rings. The van der Waals surface area contributed by atoms with Crippen molar-refractivity contribution in [3.63, 3.8) is 0 Å². The van der Waals surface area contributed by atoms with E-state index in [9.17, 15) is 0 Å². The Labute approximate surface area is 355 Å². The number of aryl methyl sites for hydroxylation is 1. The molecule has 2 aromatic heterocycles. The summed E-state index contributed by atoms with van der Waals surface area (Å²) in [4.78, 5) is 4.88. The summed E-state index contributed by atoms with van der Waals surface area (Å²) in [7, 11) is 0. The minimum absolute atomic E-state index is 0. The molecule has 1 aliphatic heterocycles. The smallest absolute Gasteiger partial charge is 0.509 e. The van der Waals surface area contributed by atoms with E-state index in [1.54, 1.807) is 0 Å². The fourth-order valence-corrected chi connectivity index (χ4v) is 8.26. The summed E-state index contributed by atoms with van der Waals surface area (Å²) in [6.45, 7) is 2.01. The van der Waals surface area contributed by atoms with Crippen molar-refractivity contribution in [1.82, 2.24) is 18.7 Å². The molecule has 0 bridgehead atoms. The van der Waals surface area contributed by atoms with E-state index in [-0.39, 0.29) is 20.4 Å². The van der Waals surface area contributed by atoms with Gasteiger partial charge in [-0.1, -0.05) is 131 Å². The van der Waals surface area contributed by atoms with Crippen LogP contribution in [0.3, 0.4) is 0 Å². The maximum Gasteiger partial charge on any atom is 2.00 e. The predicted octanol–water partition coefficient (Wildman–Crippen LogP) is 13.2. The zero-order chi connectivity index (χ0) is 38.6. The zero-order valence-corrected chi connectivity index (χ0v) is 33.5. The van der Waals surface area contributed by atoms with E-state index in [0.29, 0.717) is 11.5 Å². The van der Waals surface area contributed by atoms with Crippen molar-refractivity contribution in [2.24, 2.45) is 0 Å². The minimum atomic E-state index is 0. The molecule has 3 heterocycles. The maximum atomic E-state index is 6.61. The molecular formula is C53H34N4OPd+2. The number of rotatable bonds is 7. The topological polar surface area (TPSA) is 33.1 Å². The van der Waals surface area contributed by atoms with Gasteiger partial charge in [0.15, 0.2) is 0 Å². The van der Waals surface area contributed by atoms with E-state index in [0.717, 1.165) is 89.1 Å². The molecule has 59 heavy (non-hydrogen) atoms. The van der Waals surface area contributed by atoms with Crippen LogP contribution in [0, 0.1) is 19.1 Å². The van der Waals surface area contributed by atoms with Gasteiger partial charge in [-0.25, -0.2) is 4.98 Å². The second kappa shape index (κ2) is 15.0. The van der Waals surface area contributed by atoms with Gasteiger partial charge in [-0.15, -0.1) is 23.6 Å². The van der Waals surface area contributed by atoms with Crippen LogP contribution in [0.15, 0.2) is 188 Å². The molecular weight excluding hydrogens is 815 g/mol. The van der Waals surface area contributed by atoms with Crippen LogP contribution in [-0.4, -0.2) is 15.6 Å². The van der Waals surface area contributed by atoms with Crippen molar-refractivity contribution in [2.75, 3.05) is 0 Å². The molecule has 0 fully saturated rings. The molecule has 0 atom stereocenters. The molecule has 8 aromatic carbocycles. The number of hydrogen-bond acceptors (Lipinski definition) is 2. The van der Waals surface area contributed by atoms with Crippen molar-refractivity contribution >= 4 is 61.3 Å². The van der Waals surface area contributed by atoms with Gasteiger partial charge in [-0.05, 0) is 75.9 Å². The Balaban J connectivity index is 0.00000420. The Kier molecular flexibility index (Phi) is 9.17. The summed E-state index contributed by atoms with van der Waals surface area (Å²) in [5, 5.41) is 4.50. The van der Waals surface area contributed by atoms with Crippen LogP contribution < -0.4 is 13.9 Å². The maximum absolute atomic E-state index is 6.61. The molecule has 1 aliphatic rings. The number of nitrogens with zero attached hydrogens (tertiary/aromatic N) is 4. The zero-order valence-electron chi connectivity index (χ0n) is 31.9. The third-order valence-corrected chi connectivity index (χ3v) is 10.8. The SMILES string of the molecule is Cc1cccc(-n2c3[c-]c(Oc4[c-]c([N+]5=C=[N+](c6c(-c7ccccc7)cccc6-c6ccccc6)c6c5ccc5ccccc65)ccc4)ccc3c3ccccc32)n1.[Pd+2]. The summed E-state index contributed by atoms with van der Waals surface area (Å²) in [6, 6.07) is 76.2. The quantitative estimate of drug-likeness (QED) is 0.0909. The van der Waals surface area contributed by atoms with Gasteiger partial charge in [0.2, 0.25) is 5.69 Å². The van der Waals surface area contributed by atoms with Crippen LogP contribution in [0.25, 0.3) is 60.6 Å². The Bertz CT molecular complexity index is 3250. The van der Waals surface area contributed by atoms with Gasteiger partial charge >= 0.3 is 32.1 Å². The van der Waals surface area contributed by atoms with Gasteiger partial charge in [0.25, 0.3) is 5.69 Å². The average molecular weight is 849 g/mol. The van der Waals surface area contributed by atoms with Crippen molar-refractivity contribution in [3.05, 3.63) is 206 Å². The van der Waals surface area contributed by atoms with Crippen LogP contribution in [0.5, 0.6) is 11.5 Å². The fourth-order valence-electron chi connectivity index (χ4n) is 8.26. The Hall–Kier alpha value is -7.19. The number of fused-ring (bicyclic) bond motifs is 6. The Morgan fingerprint density at radius 3 is 1.95 bits per heavy atom. The fraction of sp³-hybridized carbons (Fsp3) is 0.0189. The van der Waals surface area contributed by atoms with Gasteiger partial charge in [0.05, 0.1) is 16.5 Å². The van der Waals surface area contributed by atoms with Gasteiger partial charge in [0, 0.05) is 28.8 Å². The van der Waals surface area contributed by atoms with E-state index in [4.69, 9.17) is 9.72 Å². The van der Waals surface area contributed by atoms with E-state index in [1.807, 2.05) is 43.3 Å². The first kappa shape index (κ1) is 36.2. The molecule has 0 N–H and O–H groups in total. The molecule has 11 rings (SSSR count). The predicted molar refractivity (Wildman–Crippen MR) is 237 cm³/mol. The minimum Gasteiger partial charge on any atom is -0.509 e. The van der Waals surface area contributed by atoms with Gasteiger partial charge in [-0.2, -0.15) is 12.1 Å². The second-order valence-electron chi connectivity index (χ2n) is 14.4. The standard InChI is InChI=1S/C53H34N4O.Pd/c1-36-15-12-28-51(54-36)57-48-27-11-10-24-46(48)47-31-30-42(34-50(47)57)58-41-22-13-21-40(33-41)55-35-56(53-45-23-9-8-20-39(45)29-32-49(53)55)52-43(37-16-4-2-5-17-37)25-14-26-44(52)38-18-6-3-7-19-38;/h2-32H,1H3;/q;+2. The number of para-hydroxylation sites is 2. The molecule has 280 valence electrons. The van der Waals surface area contributed by atoms with Gasteiger partial charge in [-0.3, -0.25) is 0 Å². The summed E-state index contributed by atoms with van der Waals surface area (Å²) in [6.07, 6.45) is 0. The Morgan fingerprint density at radius 2 is 1.19 bits per heavy atom. The molecule has 0 saturated heterocycles. The van der Waals surface area contributed by atoms with Crippen LogP contribution in [0.1, 0.15) is 5.69 Å². The molecule has 6 heteroatoms. The normalized spacial score (nSPS) is 11.9. The molecule has 0 unspecified atom stereocenters. The Morgan fingerprint density at radius 1 is 0.525 bits per heavy atom. The summed E-state index contributed by atoms with van der Waals surface area (Å²) >= 11 is 0. The number of hydrogen-bond donors (Lipinski definition) is 0. The number of pyridine rings is 1. The largest absolute Gasteiger partial charge is 2.00 e. The molecule has 0 aliphatic carbocycles. The first-order valence-electron chi connectivity index (χ1n) is 19.4. The number of ether oxygens (including phenoxy) is 1.